The van der Waals surface area contributed by atoms with E-state index in [1.54, 1.807) is 0 Å². The minimum absolute atomic E-state index is 0.729. The van der Waals surface area contributed by atoms with E-state index in [9.17, 15) is 0 Å². The molecule has 0 saturated heterocycles. The third-order valence-electron chi connectivity index (χ3n) is 2.34. The van der Waals surface area contributed by atoms with Crippen LogP contribution in [-0.4, -0.2) is 0 Å². The summed E-state index contributed by atoms with van der Waals surface area (Å²) in [6.07, 6.45) is 0. The summed E-state index contributed by atoms with van der Waals surface area (Å²) in [5.41, 5.74) is 10.0. The zero-order valence-electron chi connectivity index (χ0n) is 8.50. The Morgan fingerprint density at radius 3 is 2.53 bits per heavy atom. The van der Waals surface area contributed by atoms with Gasteiger partial charge in [0.15, 0.2) is 0 Å². The van der Waals surface area contributed by atoms with Crippen molar-refractivity contribution in [2.24, 2.45) is 0 Å². The quantitative estimate of drug-likeness (QED) is 0.721. The van der Waals surface area contributed by atoms with Gasteiger partial charge in [0.05, 0.1) is 0 Å². The van der Waals surface area contributed by atoms with Crippen LogP contribution in [0.3, 0.4) is 0 Å². The molecule has 2 aromatic carbocycles. The van der Waals surface area contributed by atoms with Gasteiger partial charge in [-0.3, -0.25) is 0 Å². The second-order valence-corrected chi connectivity index (χ2v) is 4.04. The van der Waals surface area contributed by atoms with Gasteiger partial charge in [-0.15, -0.1) is 0 Å². The van der Waals surface area contributed by atoms with Gasteiger partial charge in [-0.05, 0) is 36.2 Å². The van der Waals surface area contributed by atoms with Gasteiger partial charge in [0, 0.05) is 16.3 Å². The first kappa shape index (κ1) is 10.1. The molecule has 0 bridgehead atoms. The first-order valence-electron chi connectivity index (χ1n) is 4.79. The van der Waals surface area contributed by atoms with E-state index < -0.39 is 0 Å². The molecule has 0 heterocycles. The molecule has 2 N–H and O–H groups in total. The van der Waals surface area contributed by atoms with Crippen LogP contribution in [0.25, 0.3) is 11.1 Å². The van der Waals surface area contributed by atoms with Crippen LogP contribution in [0.5, 0.6) is 0 Å². The van der Waals surface area contributed by atoms with Crippen molar-refractivity contribution in [3.8, 4) is 11.1 Å². The summed E-state index contributed by atoms with van der Waals surface area (Å²) in [5, 5.41) is 0.729. The van der Waals surface area contributed by atoms with Crippen molar-refractivity contribution in [1.82, 2.24) is 0 Å². The number of rotatable bonds is 1. The molecule has 15 heavy (non-hydrogen) atoms. The molecule has 0 amide bonds. The lowest BCUT2D eigenvalue weighted by Gasteiger charge is -2.07. The maximum absolute atomic E-state index is 5.96. The first-order chi connectivity index (χ1) is 7.16. The lowest BCUT2D eigenvalue weighted by Crippen LogP contribution is -1.90. The van der Waals surface area contributed by atoms with Gasteiger partial charge in [0.2, 0.25) is 0 Å². The summed E-state index contributed by atoms with van der Waals surface area (Å²) in [4.78, 5) is 0. The largest absolute Gasteiger partial charge is 0.398 e. The predicted octanol–water partition coefficient (Wildman–Crippen LogP) is 3.90. The van der Waals surface area contributed by atoms with Crippen molar-refractivity contribution in [3.05, 3.63) is 53.1 Å². The highest BCUT2D eigenvalue weighted by atomic mass is 35.5. The topological polar surface area (TPSA) is 26.0 Å². The Morgan fingerprint density at radius 1 is 1.07 bits per heavy atom. The fourth-order valence-corrected chi connectivity index (χ4v) is 1.79. The molecule has 0 atom stereocenters. The van der Waals surface area contributed by atoms with Crippen LogP contribution in [0.2, 0.25) is 5.02 Å². The van der Waals surface area contributed by atoms with E-state index in [1.165, 1.54) is 5.56 Å². The number of nitrogens with two attached hydrogens (primary N) is 1. The maximum atomic E-state index is 5.96. The van der Waals surface area contributed by atoms with Crippen molar-refractivity contribution < 1.29 is 0 Å². The van der Waals surface area contributed by atoms with E-state index in [0.29, 0.717) is 0 Å². The van der Waals surface area contributed by atoms with Crippen LogP contribution in [-0.2, 0) is 0 Å². The molecular weight excluding hydrogens is 206 g/mol. The number of halogens is 1. The molecule has 0 aromatic heterocycles. The summed E-state index contributed by atoms with van der Waals surface area (Å²) in [7, 11) is 0. The molecule has 0 fully saturated rings. The van der Waals surface area contributed by atoms with Gasteiger partial charge in [-0.2, -0.15) is 0 Å². The lowest BCUT2D eigenvalue weighted by molar-refractivity contribution is 1.47. The highest BCUT2D eigenvalue weighted by Gasteiger charge is 2.02. The lowest BCUT2D eigenvalue weighted by atomic mass is 10.0. The Labute approximate surface area is 94.5 Å². The van der Waals surface area contributed by atoms with Crippen LogP contribution in [0, 0.1) is 6.92 Å². The Kier molecular flexibility index (Phi) is 2.65. The molecule has 2 heteroatoms. The van der Waals surface area contributed by atoms with Crippen LogP contribution in [0.4, 0.5) is 5.69 Å². The summed E-state index contributed by atoms with van der Waals surface area (Å²) >= 11 is 5.94. The minimum Gasteiger partial charge on any atom is -0.398 e. The molecular formula is C13H12ClN. The van der Waals surface area contributed by atoms with Crippen molar-refractivity contribution in [3.63, 3.8) is 0 Å². The number of nitrogen functional groups attached to an aromatic ring is 1. The monoisotopic (exact) mass is 217 g/mol. The van der Waals surface area contributed by atoms with E-state index >= 15 is 0 Å². The molecule has 1 nitrogen and oxygen atoms in total. The van der Waals surface area contributed by atoms with Gasteiger partial charge in [0.25, 0.3) is 0 Å². The van der Waals surface area contributed by atoms with Gasteiger partial charge in [-0.25, -0.2) is 0 Å². The molecule has 0 radical (unpaired) electrons. The van der Waals surface area contributed by atoms with Gasteiger partial charge in [-0.1, -0.05) is 35.9 Å². The van der Waals surface area contributed by atoms with E-state index in [4.69, 9.17) is 17.3 Å². The summed E-state index contributed by atoms with van der Waals surface area (Å²) in [5.74, 6) is 0. The van der Waals surface area contributed by atoms with Gasteiger partial charge in [0.1, 0.15) is 0 Å². The van der Waals surface area contributed by atoms with Crippen LogP contribution in [0.15, 0.2) is 42.5 Å². The highest BCUT2D eigenvalue weighted by molar-refractivity contribution is 6.30. The molecule has 0 saturated carbocycles. The third-order valence-corrected chi connectivity index (χ3v) is 2.58. The van der Waals surface area contributed by atoms with Crippen molar-refractivity contribution in [2.45, 2.75) is 6.92 Å². The van der Waals surface area contributed by atoms with Gasteiger partial charge >= 0.3 is 0 Å². The molecule has 0 unspecified atom stereocenters. The number of hydrogen-bond donors (Lipinski definition) is 1. The molecule has 0 aliphatic carbocycles. The maximum Gasteiger partial charge on any atom is 0.0412 e. The number of aryl methyl sites for hydroxylation is 1. The van der Waals surface area contributed by atoms with E-state index in [2.05, 4.69) is 0 Å². The van der Waals surface area contributed by atoms with Crippen LogP contribution >= 0.6 is 11.6 Å². The second-order valence-electron chi connectivity index (χ2n) is 3.60. The number of hydrogen-bond acceptors (Lipinski definition) is 1. The average molecular weight is 218 g/mol. The standard InChI is InChI=1S/C13H12ClN/c1-9-5-6-12(13(15)7-9)10-3-2-4-11(14)8-10/h2-8H,15H2,1H3. The normalized spacial score (nSPS) is 10.3. The second kappa shape index (κ2) is 3.95. The van der Waals surface area contributed by atoms with Crippen molar-refractivity contribution >= 4 is 17.3 Å². The van der Waals surface area contributed by atoms with Crippen molar-refractivity contribution in [1.29, 1.82) is 0 Å². The van der Waals surface area contributed by atoms with Gasteiger partial charge < -0.3 is 5.73 Å². The fourth-order valence-electron chi connectivity index (χ4n) is 1.60. The number of anilines is 1. The smallest absolute Gasteiger partial charge is 0.0412 e. The Hall–Kier alpha value is -1.47. The summed E-state index contributed by atoms with van der Waals surface area (Å²) in [6, 6.07) is 13.8. The fraction of sp³-hybridized carbons (Fsp3) is 0.0769. The molecule has 2 rings (SSSR count). The first-order valence-corrected chi connectivity index (χ1v) is 5.17. The average Bonchev–Trinajstić information content (AvgIpc) is 2.17. The molecule has 2 aromatic rings. The van der Waals surface area contributed by atoms with Crippen molar-refractivity contribution in [2.75, 3.05) is 5.73 Å². The third kappa shape index (κ3) is 2.13. The Morgan fingerprint density at radius 2 is 1.87 bits per heavy atom. The van der Waals surface area contributed by atoms with E-state index in [-0.39, 0.29) is 0 Å². The zero-order valence-corrected chi connectivity index (χ0v) is 9.25. The predicted molar refractivity (Wildman–Crippen MR) is 66.0 cm³/mol. The van der Waals surface area contributed by atoms with E-state index in [0.717, 1.165) is 21.8 Å². The highest BCUT2D eigenvalue weighted by Crippen LogP contribution is 2.28. The molecule has 0 spiro atoms. The Bertz CT molecular complexity index is 492. The Balaban J connectivity index is 2.54. The molecule has 0 aliphatic heterocycles. The molecule has 76 valence electrons. The SMILES string of the molecule is Cc1ccc(-c2cccc(Cl)c2)c(N)c1. The minimum atomic E-state index is 0.729. The van der Waals surface area contributed by atoms with Crippen LogP contribution in [0.1, 0.15) is 5.56 Å². The summed E-state index contributed by atoms with van der Waals surface area (Å²) < 4.78 is 0. The zero-order chi connectivity index (χ0) is 10.8. The summed E-state index contributed by atoms with van der Waals surface area (Å²) in [6.45, 7) is 2.03. The van der Waals surface area contributed by atoms with Crippen LogP contribution < -0.4 is 5.73 Å². The molecule has 0 aliphatic rings. The van der Waals surface area contributed by atoms with E-state index in [1.807, 2.05) is 49.4 Å². The number of benzene rings is 2.